The van der Waals surface area contributed by atoms with Gasteiger partial charge in [-0.2, -0.15) is 0 Å². The molecule has 98 valence electrons. The van der Waals surface area contributed by atoms with Crippen LogP contribution >= 0.6 is 0 Å². The van der Waals surface area contributed by atoms with E-state index in [1.165, 1.54) is 37.7 Å². The van der Waals surface area contributed by atoms with Crippen LogP contribution < -0.4 is 0 Å². The molecule has 1 heteroatoms. The van der Waals surface area contributed by atoms with Gasteiger partial charge in [0, 0.05) is 0 Å². The number of benzene rings is 1. The van der Waals surface area contributed by atoms with Gasteiger partial charge in [0.1, 0.15) is 0 Å². The summed E-state index contributed by atoms with van der Waals surface area (Å²) >= 11 is 0. The fraction of sp³-hybridized carbons (Fsp3) is 0.647. The summed E-state index contributed by atoms with van der Waals surface area (Å²) in [6, 6.07) is 10.9. The second-order valence-corrected chi connectivity index (χ2v) is 6.48. The zero-order chi connectivity index (χ0) is 12.6. The van der Waals surface area contributed by atoms with Gasteiger partial charge in [0.25, 0.3) is 0 Å². The molecule has 0 spiro atoms. The van der Waals surface area contributed by atoms with Crippen LogP contribution in [0.4, 0.5) is 0 Å². The SMILES string of the molecule is C[C@@]1(O)CCC[C@H]2CCC[C@@H](c3ccccc3)[C@@H]21. The molecule has 0 bridgehead atoms. The first-order valence-electron chi connectivity index (χ1n) is 7.46. The van der Waals surface area contributed by atoms with Crippen molar-refractivity contribution in [1.29, 1.82) is 0 Å². The highest BCUT2D eigenvalue weighted by Crippen LogP contribution is 2.52. The number of aliphatic hydroxyl groups is 1. The molecule has 2 aliphatic rings. The van der Waals surface area contributed by atoms with Gasteiger partial charge in [-0.1, -0.05) is 49.6 Å². The lowest BCUT2D eigenvalue weighted by Gasteiger charge is -2.50. The molecule has 0 aliphatic heterocycles. The molecule has 0 heterocycles. The lowest BCUT2D eigenvalue weighted by molar-refractivity contribution is -0.0838. The standard InChI is InChI=1S/C17H24O/c1-17(18)12-6-10-14-9-5-11-15(16(14)17)13-7-3-2-4-8-13/h2-4,7-8,14-16,18H,5-6,9-12H2,1H3/t14-,15+,16-,17-/m1/s1. The van der Waals surface area contributed by atoms with E-state index in [1.807, 2.05) is 0 Å². The topological polar surface area (TPSA) is 20.2 Å². The van der Waals surface area contributed by atoms with Crippen LogP contribution in [0.5, 0.6) is 0 Å². The molecule has 1 N–H and O–H groups in total. The molecule has 0 amide bonds. The van der Waals surface area contributed by atoms with Crippen molar-refractivity contribution < 1.29 is 5.11 Å². The average molecular weight is 244 g/mol. The molecule has 2 fully saturated rings. The Morgan fingerprint density at radius 1 is 1.06 bits per heavy atom. The molecule has 3 rings (SSSR count). The van der Waals surface area contributed by atoms with Gasteiger partial charge in [0.05, 0.1) is 5.60 Å². The highest BCUT2D eigenvalue weighted by atomic mass is 16.3. The van der Waals surface area contributed by atoms with Crippen LogP contribution in [0.3, 0.4) is 0 Å². The van der Waals surface area contributed by atoms with Crippen molar-refractivity contribution in [3.05, 3.63) is 35.9 Å². The van der Waals surface area contributed by atoms with Gasteiger partial charge in [-0.25, -0.2) is 0 Å². The van der Waals surface area contributed by atoms with Crippen molar-refractivity contribution in [2.75, 3.05) is 0 Å². The van der Waals surface area contributed by atoms with Crippen molar-refractivity contribution >= 4 is 0 Å². The normalized spacial score (nSPS) is 40.2. The maximum absolute atomic E-state index is 10.8. The smallest absolute Gasteiger partial charge is 0.0656 e. The summed E-state index contributed by atoms with van der Waals surface area (Å²) in [7, 11) is 0. The van der Waals surface area contributed by atoms with Gasteiger partial charge in [-0.05, 0) is 49.5 Å². The highest BCUT2D eigenvalue weighted by molar-refractivity contribution is 5.23. The lowest BCUT2D eigenvalue weighted by atomic mass is 9.58. The van der Waals surface area contributed by atoms with Gasteiger partial charge in [-0.3, -0.25) is 0 Å². The average Bonchev–Trinajstić information content (AvgIpc) is 2.39. The predicted molar refractivity (Wildman–Crippen MR) is 74.5 cm³/mol. The fourth-order valence-electron chi connectivity index (χ4n) is 4.52. The van der Waals surface area contributed by atoms with E-state index in [1.54, 1.807) is 0 Å². The van der Waals surface area contributed by atoms with Crippen LogP contribution in [0, 0.1) is 11.8 Å². The monoisotopic (exact) mass is 244 g/mol. The van der Waals surface area contributed by atoms with Gasteiger partial charge in [0.2, 0.25) is 0 Å². The van der Waals surface area contributed by atoms with Crippen molar-refractivity contribution in [1.82, 2.24) is 0 Å². The van der Waals surface area contributed by atoms with Crippen LogP contribution in [0.2, 0.25) is 0 Å². The Morgan fingerprint density at radius 3 is 2.56 bits per heavy atom. The van der Waals surface area contributed by atoms with E-state index in [4.69, 9.17) is 0 Å². The van der Waals surface area contributed by atoms with E-state index in [0.717, 1.165) is 12.3 Å². The summed E-state index contributed by atoms with van der Waals surface area (Å²) in [6.45, 7) is 2.07. The maximum atomic E-state index is 10.8. The summed E-state index contributed by atoms with van der Waals surface area (Å²) in [5.41, 5.74) is 0.985. The summed E-state index contributed by atoms with van der Waals surface area (Å²) in [5.74, 6) is 1.79. The molecular weight excluding hydrogens is 220 g/mol. The van der Waals surface area contributed by atoms with Crippen molar-refractivity contribution in [2.45, 2.75) is 57.0 Å². The summed E-state index contributed by atoms with van der Waals surface area (Å²) in [6.07, 6.45) is 7.42. The number of hydrogen-bond donors (Lipinski definition) is 1. The van der Waals surface area contributed by atoms with Gasteiger partial charge in [0.15, 0.2) is 0 Å². The molecule has 0 saturated heterocycles. The van der Waals surface area contributed by atoms with E-state index >= 15 is 0 Å². The Kier molecular flexibility index (Phi) is 3.19. The number of fused-ring (bicyclic) bond motifs is 1. The first-order valence-corrected chi connectivity index (χ1v) is 7.46. The molecular formula is C17H24O. The van der Waals surface area contributed by atoms with Gasteiger partial charge in [-0.15, -0.1) is 0 Å². The predicted octanol–water partition coefficient (Wildman–Crippen LogP) is 4.12. The fourth-order valence-corrected chi connectivity index (χ4v) is 4.52. The third-order valence-electron chi connectivity index (χ3n) is 5.24. The summed E-state index contributed by atoms with van der Waals surface area (Å²) in [5, 5.41) is 10.8. The van der Waals surface area contributed by atoms with Crippen molar-refractivity contribution in [3.8, 4) is 0 Å². The minimum atomic E-state index is -0.455. The Morgan fingerprint density at radius 2 is 1.78 bits per heavy atom. The molecule has 1 aromatic rings. The third kappa shape index (κ3) is 2.09. The first-order chi connectivity index (χ1) is 8.68. The van der Waals surface area contributed by atoms with Gasteiger partial charge >= 0.3 is 0 Å². The van der Waals surface area contributed by atoms with Crippen LogP contribution in [-0.4, -0.2) is 10.7 Å². The molecule has 1 aromatic carbocycles. The minimum Gasteiger partial charge on any atom is -0.390 e. The van der Waals surface area contributed by atoms with E-state index in [-0.39, 0.29) is 0 Å². The molecule has 4 atom stereocenters. The number of hydrogen-bond acceptors (Lipinski definition) is 1. The third-order valence-corrected chi connectivity index (χ3v) is 5.24. The quantitative estimate of drug-likeness (QED) is 0.788. The van der Waals surface area contributed by atoms with E-state index < -0.39 is 5.60 Å². The maximum Gasteiger partial charge on any atom is 0.0656 e. The van der Waals surface area contributed by atoms with Gasteiger partial charge < -0.3 is 5.11 Å². The summed E-state index contributed by atoms with van der Waals surface area (Å²) < 4.78 is 0. The molecule has 18 heavy (non-hydrogen) atoms. The van der Waals surface area contributed by atoms with E-state index in [0.29, 0.717) is 11.8 Å². The molecule has 0 aromatic heterocycles. The second kappa shape index (κ2) is 4.70. The van der Waals surface area contributed by atoms with E-state index in [2.05, 4.69) is 37.3 Å². The Balaban J connectivity index is 1.93. The number of rotatable bonds is 1. The van der Waals surface area contributed by atoms with Crippen molar-refractivity contribution in [2.24, 2.45) is 11.8 Å². The minimum absolute atomic E-state index is 0.455. The zero-order valence-corrected chi connectivity index (χ0v) is 11.3. The Labute approximate surface area is 110 Å². The molecule has 2 aliphatic carbocycles. The zero-order valence-electron chi connectivity index (χ0n) is 11.3. The largest absolute Gasteiger partial charge is 0.390 e. The lowest BCUT2D eigenvalue weighted by Crippen LogP contribution is -2.47. The van der Waals surface area contributed by atoms with Crippen LogP contribution in [0.15, 0.2) is 30.3 Å². The summed E-state index contributed by atoms with van der Waals surface area (Å²) in [4.78, 5) is 0. The second-order valence-electron chi connectivity index (χ2n) is 6.48. The van der Waals surface area contributed by atoms with Crippen LogP contribution in [0.25, 0.3) is 0 Å². The van der Waals surface area contributed by atoms with Crippen LogP contribution in [-0.2, 0) is 0 Å². The molecule has 2 saturated carbocycles. The molecule has 0 radical (unpaired) electrons. The van der Waals surface area contributed by atoms with Crippen LogP contribution in [0.1, 0.15) is 56.9 Å². The Hall–Kier alpha value is -0.820. The highest BCUT2D eigenvalue weighted by Gasteiger charge is 2.46. The van der Waals surface area contributed by atoms with E-state index in [9.17, 15) is 5.11 Å². The molecule has 0 unspecified atom stereocenters. The van der Waals surface area contributed by atoms with Crippen molar-refractivity contribution in [3.63, 3.8) is 0 Å². The molecule has 1 nitrogen and oxygen atoms in total. The Bertz CT molecular complexity index is 393. The first kappa shape index (κ1) is 12.2.